The summed E-state index contributed by atoms with van der Waals surface area (Å²) >= 11 is 6.11. The van der Waals surface area contributed by atoms with Gasteiger partial charge in [-0.2, -0.15) is 0 Å². The molecule has 1 saturated carbocycles. The zero-order valence-electron chi connectivity index (χ0n) is 10.7. The van der Waals surface area contributed by atoms with E-state index in [1.54, 1.807) is 0 Å². The lowest BCUT2D eigenvalue weighted by Gasteiger charge is -2.33. The highest BCUT2D eigenvalue weighted by Crippen LogP contribution is 2.26. The third kappa shape index (κ3) is 3.46. The molecule has 0 atom stereocenters. The Morgan fingerprint density at radius 1 is 1.47 bits per heavy atom. The SMILES string of the molecule is CCCCc1nc(Cl)c(CNC2CC(C)C2)[nH]1. The fourth-order valence-electron chi connectivity index (χ4n) is 2.33. The first kappa shape index (κ1) is 12.9. The third-order valence-electron chi connectivity index (χ3n) is 3.49. The Morgan fingerprint density at radius 2 is 2.24 bits per heavy atom. The predicted molar refractivity (Wildman–Crippen MR) is 71.2 cm³/mol. The summed E-state index contributed by atoms with van der Waals surface area (Å²) < 4.78 is 0. The molecular weight excluding hydrogens is 234 g/mol. The molecule has 1 aliphatic carbocycles. The second-order valence-corrected chi connectivity index (χ2v) is 5.57. The van der Waals surface area contributed by atoms with Gasteiger partial charge in [0.2, 0.25) is 0 Å². The molecule has 0 aliphatic heterocycles. The summed E-state index contributed by atoms with van der Waals surface area (Å²) in [7, 11) is 0. The summed E-state index contributed by atoms with van der Waals surface area (Å²) in [5.41, 5.74) is 1.04. The number of aromatic nitrogens is 2. The number of aryl methyl sites for hydroxylation is 1. The fraction of sp³-hybridized carbons (Fsp3) is 0.769. The number of H-pyrrole nitrogens is 1. The van der Waals surface area contributed by atoms with Crippen molar-refractivity contribution in [3.8, 4) is 0 Å². The lowest BCUT2D eigenvalue weighted by Crippen LogP contribution is -2.39. The van der Waals surface area contributed by atoms with Crippen molar-refractivity contribution in [3.63, 3.8) is 0 Å². The van der Waals surface area contributed by atoms with Crippen LogP contribution >= 0.6 is 11.6 Å². The number of aromatic amines is 1. The molecule has 0 bridgehead atoms. The number of rotatable bonds is 6. The fourth-order valence-corrected chi connectivity index (χ4v) is 2.55. The largest absolute Gasteiger partial charge is 0.344 e. The van der Waals surface area contributed by atoms with Crippen molar-refractivity contribution in [1.82, 2.24) is 15.3 Å². The first-order valence-electron chi connectivity index (χ1n) is 6.65. The van der Waals surface area contributed by atoms with Crippen molar-refractivity contribution < 1.29 is 0 Å². The predicted octanol–water partition coefficient (Wildman–Crippen LogP) is 3.29. The van der Waals surface area contributed by atoms with Crippen LogP contribution in [0, 0.1) is 5.92 Å². The molecule has 1 heterocycles. The first-order chi connectivity index (χ1) is 8.19. The van der Waals surface area contributed by atoms with Gasteiger partial charge >= 0.3 is 0 Å². The lowest BCUT2D eigenvalue weighted by molar-refractivity contribution is 0.240. The standard InChI is InChI=1S/C13H22ClN3/c1-3-4-5-12-16-11(13(14)17-12)8-15-10-6-9(2)7-10/h9-10,15H,3-8H2,1-2H3,(H,16,17). The van der Waals surface area contributed by atoms with Crippen LogP contribution in [0.5, 0.6) is 0 Å². The molecule has 1 aromatic heterocycles. The maximum Gasteiger partial charge on any atom is 0.151 e. The van der Waals surface area contributed by atoms with E-state index in [0.717, 1.165) is 36.8 Å². The topological polar surface area (TPSA) is 40.7 Å². The second-order valence-electron chi connectivity index (χ2n) is 5.21. The highest BCUT2D eigenvalue weighted by molar-refractivity contribution is 6.30. The number of nitrogens with zero attached hydrogens (tertiary/aromatic N) is 1. The number of hydrogen-bond donors (Lipinski definition) is 2. The van der Waals surface area contributed by atoms with Gasteiger partial charge in [0, 0.05) is 19.0 Å². The van der Waals surface area contributed by atoms with Gasteiger partial charge in [-0.1, -0.05) is 31.9 Å². The molecular formula is C13H22ClN3. The molecule has 17 heavy (non-hydrogen) atoms. The monoisotopic (exact) mass is 255 g/mol. The molecule has 96 valence electrons. The van der Waals surface area contributed by atoms with Gasteiger partial charge < -0.3 is 10.3 Å². The summed E-state index contributed by atoms with van der Waals surface area (Å²) in [6, 6.07) is 0.670. The molecule has 0 amide bonds. The third-order valence-corrected chi connectivity index (χ3v) is 3.80. The highest BCUT2D eigenvalue weighted by atomic mass is 35.5. The Labute approximate surface area is 108 Å². The van der Waals surface area contributed by atoms with Crippen LogP contribution < -0.4 is 5.32 Å². The molecule has 0 spiro atoms. The van der Waals surface area contributed by atoms with Gasteiger partial charge in [0.05, 0.1) is 5.69 Å². The quantitative estimate of drug-likeness (QED) is 0.819. The molecule has 1 aliphatic rings. The van der Waals surface area contributed by atoms with Gasteiger partial charge in [-0.3, -0.25) is 0 Å². The summed E-state index contributed by atoms with van der Waals surface area (Å²) in [6.45, 7) is 5.30. The lowest BCUT2D eigenvalue weighted by atomic mass is 9.82. The summed E-state index contributed by atoms with van der Waals surface area (Å²) in [5, 5.41) is 4.16. The van der Waals surface area contributed by atoms with Crippen LogP contribution in [0.3, 0.4) is 0 Å². The van der Waals surface area contributed by atoms with E-state index in [2.05, 4.69) is 29.1 Å². The van der Waals surface area contributed by atoms with Crippen molar-refractivity contribution in [2.45, 2.75) is 58.5 Å². The smallest absolute Gasteiger partial charge is 0.151 e. The minimum absolute atomic E-state index is 0.635. The average Bonchev–Trinajstić information content (AvgIpc) is 2.61. The summed E-state index contributed by atoms with van der Waals surface area (Å²) in [6.07, 6.45) is 5.92. The van der Waals surface area contributed by atoms with Crippen molar-refractivity contribution >= 4 is 11.6 Å². The molecule has 1 fully saturated rings. The summed E-state index contributed by atoms with van der Waals surface area (Å²) in [4.78, 5) is 7.68. The maximum atomic E-state index is 6.11. The molecule has 2 N–H and O–H groups in total. The minimum Gasteiger partial charge on any atom is -0.344 e. The Hall–Kier alpha value is -0.540. The number of imidazole rings is 1. The minimum atomic E-state index is 0.635. The number of hydrogen-bond acceptors (Lipinski definition) is 2. The molecule has 0 radical (unpaired) electrons. The molecule has 0 unspecified atom stereocenters. The Kier molecular flexibility index (Phi) is 4.46. The van der Waals surface area contributed by atoms with E-state index in [0.29, 0.717) is 11.2 Å². The Balaban J connectivity index is 1.81. The van der Waals surface area contributed by atoms with Gasteiger partial charge in [-0.25, -0.2) is 4.98 Å². The van der Waals surface area contributed by atoms with Crippen molar-refractivity contribution in [3.05, 3.63) is 16.7 Å². The van der Waals surface area contributed by atoms with E-state index in [-0.39, 0.29) is 0 Å². The first-order valence-corrected chi connectivity index (χ1v) is 7.03. The van der Waals surface area contributed by atoms with Crippen molar-refractivity contribution in [2.75, 3.05) is 0 Å². The average molecular weight is 256 g/mol. The maximum absolute atomic E-state index is 6.11. The van der Waals surface area contributed by atoms with Gasteiger partial charge in [-0.05, 0) is 25.2 Å². The Bertz CT molecular complexity index is 356. The zero-order valence-corrected chi connectivity index (χ0v) is 11.5. The Morgan fingerprint density at radius 3 is 2.88 bits per heavy atom. The van der Waals surface area contributed by atoms with E-state index in [9.17, 15) is 0 Å². The second kappa shape index (κ2) is 5.87. The number of halogens is 1. The van der Waals surface area contributed by atoms with Crippen LogP contribution in [0.25, 0.3) is 0 Å². The molecule has 0 saturated heterocycles. The van der Waals surface area contributed by atoms with Crippen LogP contribution in [0.15, 0.2) is 0 Å². The van der Waals surface area contributed by atoms with Crippen molar-refractivity contribution in [1.29, 1.82) is 0 Å². The molecule has 3 nitrogen and oxygen atoms in total. The van der Waals surface area contributed by atoms with Crippen LogP contribution in [0.4, 0.5) is 0 Å². The van der Waals surface area contributed by atoms with E-state index in [1.165, 1.54) is 19.3 Å². The molecule has 4 heteroatoms. The molecule has 0 aromatic carbocycles. The van der Waals surface area contributed by atoms with Crippen LogP contribution in [0.2, 0.25) is 5.15 Å². The van der Waals surface area contributed by atoms with Crippen LogP contribution in [-0.2, 0) is 13.0 Å². The van der Waals surface area contributed by atoms with Crippen molar-refractivity contribution in [2.24, 2.45) is 5.92 Å². The number of unbranched alkanes of at least 4 members (excludes halogenated alkanes) is 1. The van der Waals surface area contributed by atoms with E-state index in [4.69, 9.17) is 11.6 Å². The van der Waals surface area contributed by atoms with E-state index < -0.39 is 0 Å². The highest BCUT2D eigenvalue weighted by Gasteiger charge is 2.24. The normalized spacial score (nSPS) is 23.7. The van der Waals surface area contributed by atoms with Gasteiger partial charge in [-0.15, -0.1) is 0 Å². The van der Waals surface area contributed by atoms with Crippen LogP contribution in [0.1, 0.15) is 51.0 Å². The van der Waals surface area contributed by atoms with E-state index >= 15 is 0 Å². The van der Waals surface area contributed by atoms with Gasteiger partial charge in [0.25, 0.3) is 0 Å². The molecule has 2 rings (SSSR count). The van der Waals surface area contributed by atoms with Gasteiger partial charge in [0.1, 0.15) is 5.82 Å². The summed E-state index contributed by atoms with van der Waals surface area (Å²) in [5.74, 6) is 1.90. The van der Waals surface area contributed by atoms with Crippen LogP contribution in [-0.4, -0.2) is 16.0 Å². The van der Waals surface area contributed by atoms with Gasteiger partial charge in [0.15, 0.2) is 5.15 Å². The van der Waals surface area contributed by atoms with E-state index in [1.807, 2.05) is 0 Å². The number of nitrogens with one attached hydrogen (secondary N) is 2. The zero-order chi connectivity index (χ0) is 12.3. The molecule has 1 aromatic rings.